The molecule has 1 aliphatic rings. The topological polar surface area (TPSA) is 24.9 Å². The largest absolute Gasteiger partial charge is 0.380 e. The van der Waals surface area contributed by atoms with E-state index in [1.165, 1.54) is 0 Å². The predicted molar refractivity (Wildman–Crippen MR) is 63.6 cm³/mol. The van der Waals surface area contributed by atoms with Crippen molar-refractivity contribution in [1.29, 1.82) is 0 Å². The van der Waals surface area contributed by atoms with Gasteiger partial charge < -0.3 is 5.32 Å². The Balaban J connectivity index is 2.18. The maximum atomic E-state index is 13.4. The van der Waals surface area contributed by atoms with Gasteiger partial charge in [-0.05, 0) is 16.7 Å². The Morgan fingerprint density at radius 1 is 0.947 bits per heavy atom. The predicted octanol–water partition coefficient (Wildman–Crippen LogP) is 3.73. The summed E-state index contributed by atoms with van der Waals surface area (Å²) in [6, 6.07) is 0. The van der Waals surface area contributed by atoms with Crippen LogP contribution < -0.4 is 5.32 Å². The molecule has 0 spiro atoms. The van der Waals surface area contributed by atoms with Gasteiger partial charge in [0.2, 0.25) is 11.6 Å². The maximum absolute atomic E-state index is 13.4. The van der Waals surface area contributed by atoms with Crippen molar-refractivity contribution in [1.82, 2.24) is 4.98 Å². The molecule has 1 N–H and O–H groups in total. The number of nitrogens with one attached hydrogen (secondary N) is 1. The molecule has 1 fully saturated rings. The third-order valence-corrected chi connectivity index (χ3v) is 4.80. The Kier molecular flexibility index (Phi) is 3.03. The average molecular weight is 276 g/mol. The monoisotopic (exact) mass is 276 g/mol. The molecule has 0 unspecified atom stereocenters. The zero-order valence-corrected chi connectivity index (χ0v) is 11.2. The Hall–Kier alpha value is -1.33. The van der Waals surface area contributed by atoms with Crippen molar-refractivity contribution in [2.75, 3.05) is 11.9 Å². The molecule has 6 heteroatoms. The summed E-state index contributed by atoms with van der Waals surface area (Å²) in [6.07, 6.45) is 0. The maximum Gasteiger partial charge on any atom is 0.253 e. The number of hydrogen-bond acceptors (Lipinski definition) is 2. The van der Waals surface area contributed by atoms with E-state index in [0.717, 1.165) is 0 Å². The number of hydrogen-bond donors (Lipinski definition) is 1. The molecule has 1 aromatic heterocycles. The van der Waals surface area contributed by atoms with Crippen LogP contribution in [-0.2, 0) is 0 Å². The molecule has 0 saturated heterocycles. The number of anilines is 1. The number of nitrogens with zero attached hydrogens (tertiary/aromatic N) is 1. The van der Waals surface area contributed by atoms with Gasteiger partial charge >= 0.3 is 0 Å². The fourth-order valence-electron chi connectivity index (χ4n) is 2.69. The van der Waals surface area contributed by atoms with Gasteiger partial charge in [-0.3, -0.25) is 0 Å². The molecule has 0 aliphatic heterocycles. The van der Waals surface area contributed by atoms with E-state index in [-0.39, 0.29) is 23.3 Å². The highest BCUT2D eigenvalue weighted by Crippen LogP contribution is 2.68. The first-order chi connectivity index (χ1) is 8.60. The lowest BCUT2D eigenvalue weighted by Gasteiger charge is -2.10. The van der Waals surface area contributed by atoms with Crippen molar-refractivity contribution < 1.29 is 17.6 Å². The summed E-state index contributed by atoms with van der Waals surface area (Å²) >= 11 is 0. The van der Waals surface area contributed by atoms with E-state index < -0.39 is 29.2 Å². The van der Waals surface area contributed by atoms with Crippen LogP contribution >= 0.6 is 0 Å². The van der Waals surface area contributed by atoms with Crippen LogP contribution in [0.15, 0.2) is 0 Å². The van der Waals surface area contributed by atoms with Crippen LogP contribution in [0.4, 0.5) is 23.2 Å². The van der Waals surface area contributed by atoms with E-state index >= 15 is 0 Å². The van der Waals surface area contributed by atoms with Gasteiger partial charge in [-0.2, -0.15) is 22.5 Å². The highest BCUT2D eigenvalue weighted by molar-refractivity contribution is 5.45. The van der Waals surface area contributed by atoms with Gasteiger partial charge in [0.05, 0.1) is 0 Å². The van der Waals surface area contributed by atoms with Crippen molar-refractivity contribution in [2.24, 2.45) is 16.7 Å². The molecular formula is C13H16F4N2. The molecular weight excluding hydrogens is 260 g/mol. The zero-order chi connectivity index (χ0) is 14.6. The molecule has 0 radical (unpaired) electrons. The number of aromatic nitrogens is 1. The Morgan fingerprint density at radius 3 is 1.74 bits per heavy atom. The van der Waals surface area contributed by atoms with E-state index in [9.17, 15) is 17.6 Å². The molecule has 0 atom stereocenters. The Labute approximate surface area is 109 Å². The number of rotatable bonds is 3. The highest BCUT2D eigenvalue weighted by atomic mass is 19.2. The summed E-state index contributed by atoms with van der Waals surface area (Å²) in [5, 5.41) is 2.47. The molecule has 0 aromatic carbocycles. The first-order valence-corrected chi connectivity index (χ1v) is 6.04. The fraction of sp³-hybridized carbons (Fsp3) is 0.615. The van der Waals surface area contributed by atoms with Crippen molar-refractivity contribution >= 4 is 5.69 Å². The average Bonchev–Trinajstić information content (AvgIpc) is 2.68. The van der Waals surface area contributed by atoms with Crippen LogP contribution in [0.2, 0.25) is 0 Å². The lowest BCUT2D eigenvalue weighted by atomic mass is 10.0. The smallest absolute Gasteiger partial charge is 0.253 e. The molecule has 1 aromatic rings. The molecule has 1 heterocycles. The molecule has 0 bridgehead atoms. The normalized spacial score (nSPS) is 20.4. The Morgan fingerprint density at radius 2 is 1.37 bits per heavy atom. The fourth-order valence-corrected chi connectivity index (χ4v) is 2.69. The van der Waals surface area contributed by atoms with Crippen LogP contribution in [0.5, 0.6) is 0 Å². The van der Waals surface area contributed by atoms with E-state index in [4.69, 9.17) is 0 Å². The second-order valence-electron chi connectivity index (χ2n) is 6.07. The van der Waals surface area contributed by atoms with Crippen LogP contribution in [0, 0.1) is 40.3 Å². The van der Waals surface area contributed by atoms with E-state index in [2.05, 4.69) is 10.3 Å². The van der Waals surface area contributed by atoms with Gasteiger partial charge in [-0.15, -0.1) is 0 Å². The minimum Gasteiger partial charge on any atom is -0.380 e. The lowest BCUT2D eigenvalue weighted by Crippen LogP contribution is -2.13. The molecule has 2 rings (SSSR count). The van der Waals surface area contributed by atoms with Crippen LogP contribution in [0.3, 0.4) is 0 Å². The second kappa shape index (κ2) is 4.08. The molecule has 106 valence electrons. The summed E-state index contributed by atoms with van der Waals surface area (Å²) in [7, 11) is 0. The SMILES string of the molecule is CC1(C)C(CNc2c(F)c(F)nc(F)c2F)C1(C)C. The minimum absolute atomic E-state index is 0.0110. The molecule has 2 nitrogen and oxygen atoms in total. The summed E-state index contributed by atoms with van der Waals surface area (Å²) in [5.41, 5.74) is -0.766. The molecule has 19 heavy (non-hydrogen) atoms. The third kappa shape index (κ3) is 1.97. The first kappa shape index (κ1) is 14.1. The summed E-state index contributed by atoms with van der Waals surface area (Å²) < 4.78 is 52.6. The van der Waals surface area contributed by atoms with Crippen LogP contribution in [0.25, 0.3) is 0 Å². The zero-order valence-electron chi connectivity index (χ0n) is 11.2. The summed E-state index contributed by atoms with van der Waals surface area (Å²) in [5.74, 6) is -6.10. The van der Waals surface area contributed by atoms with Crippen molar-refractivity contribution in [3.63, 3.8) is 0 Å². The highest BCUT2D eigenvalue weighted by Gasteiger charge is 2.64. The van der Waals surface area contributed by atoms with Gasteiger partial charge in [0, 0.05) is 6.54 Å². The Bertz CT molecular complexity index is 486. The standard InChI is InChI=1S/C13H16F4N2/c1-12(2)6(13(12,3)4)5-18-9-7(14)10(16)19-11(17)8(9)15/h6H,5H2,1-4H3,(H,18,19). The first-order valence-electron chi connectivity index (χ1n) is 6.04. The van der Waals surface area contributed by atoms with Crippen molar-refractivity contribution in [2.45, 2.75) is 27.7 Å². The van der Waals surface area contributed by atoms with Gasteiger partial charge in [0.1, 0.15) is 5.69 Å². The number of halogens is 4. The summed E-state index contributed by atoms with van der Waals surface area (Å²) in [4.78, 5) is 2.51. The van der Waals surface area contributed by atoms with Gasteiger partial charge in [0.25, 0.3) is 11.9 Å². The third-order valence-electron chi connectivity index (χ3n) is 4.80. The van der Waals surface area contributed by atoms with Crippen molar-refractivity contribution in [3.8, 4) is 0 Å². The molecule has 1 aliphatic carbocycles. The lowest BCUT2D eigenvalue weighted by molar-refractivity contribution is 0.410. The van der Waals surface area contributed by atoms with E-state index in [0.29, 0.717) is 0 Å². The van der Waals surface area contributed by atoms with Crippen molar-refractivity contribution in [3.05, 3.63) is 23.5 Å². The van der Waals surface area contributed by atoms with Crippen LogP contribution in [0.1, 0.15) is 27.7 Å². The molecule has 1 saturated carbocycles. The van der Waals surface area contributed by atoms with E-state index in [1.807, 2.05) is 27.7 Å². The molecule has 0 amide bonds. The van der Waals surface area contributed by atoms with E-state index in [1.54, 1.807) is 0 Å². The quantitative estimate of drug-likeness (QED) is 0.672. The van der Waals surface area contributed by atoms with Crippen LogP contribution in [-0.4, -0.2) is 11.5 Å². The minimum atomic E-state index is -1.64. The summed E-state index contributed by atoms with van der Waals surface area (Å²) in [6.45, 7) is 8.41. The number of pyridine rings is 1. The van der Waals surface area contributed by atoms with Gasteiger partial charge in [-0.25, -0.2) is 0 Å². The van der Waals surface area contributed by atoms with Gasteiger partial charge in [-0.1, -0.05) is 27.7 Å². The van der Waals surface area contributed by atoms with Gasteiger partial charge in [0.15, 0.2) is 0 Å². The second-order valence-corrected chi connectivity index (χ2v) is 6.07.